The van der Waals surface area contributed by atoms with Gasteiger partial charge in [0.15, 0.2) is 5.78 Å². The molecule has 0 N–H and O–H groups in total. The van der Waals surface area contributed by atoms with Gasteiger partial charge in [-0.2, -0.15) is 0 Å². The van der Waals surface area contributed by atoms with E-state index >= 15 is 0 Å². The molecule has 1 rings (SSSR count). The molecule has 0 atom stereocenters. The van der Waals surface area contributed by atoms with E-state index in [4.69, 9.17) is 4.74 Å². The van der Waals surface area contributed by atoms with Crippen molar-refractivity contribution in [2.24, 2.45) is 5.41 Å². The van der Waals surface area contributed by atoms with Crippen LogP contribution in [-0.4, -0.2) is 11.4 Å². The molecule has 0 bridgehead atoms. The summed E-state index contributed by atoms with van der Waals surface area (Å²) in [6, 6.07) is 7.71. The number of carbonyl (C=O) groups is 1. The van der Waals surface area contributed by atoms with Crippen molar-refractivity contribution in [1.82, 2.24) is 0 Å². The Morgan fingerprint density at radius 1 is 1.11 bits per heavy atom. The molecule has 100 valence electrons. The molecule has 0 saturated carbocycles. The Bertz CT molecular complexity index is 419. The Morgan fingerprint density at radius 3 is 2.22 bits per heavy atom. The van der Waals surface area contributed by atoms with Crippen molar-refractivity contribution in [3.63, 3.8) is 0 Å². The van der Waals surface area contributed by atoms with Crippen LogP contribution < -0.4 is 0 Å². The van der Waals surface area contributed by atoms with Gasteiger partial charge in [0.2, 0.25) is 0 Å². The highest BCUT2D eigenvalue weighted by Crippen LogP contribution is 2.22. The van der Waals surface area contributed by atoms with E-state index in [-0.39, 0.29) is 16.8 Å². The number of hydrogen-bond donors (Lipinski definition) is 0. The monoisotopic (exact) mass is 248 g/mol. The molecule has 0 aliphatic rings. The van der Waals surface area contributed by atoms with E-state index in [0.717, 1.165) is 11.1 Å². The first kappa shape index (κ1) is 14.9. The average Bonchev–Trinajstić information content (AvgIpc) is 2.23. The van der Waals surface area contributed by atoms with Gasteiger partial charge in [-0.3, -0.25) is 4.79 Å². The van der Waals surface area contributed by atoms with E-state index in [1.54, 1.807) is 0 Å². The number of ketones is 1. The zero-order valence-corrected chi connectivity index (χ0v) is 12.3. The lowest BCUT2D eigenvalue weighted by molar-refractivity contribution is -0.0149. The fourth-order valence-corrected chi connectivity index (χ4v) is 1.54. The smallest absolute Gasteiger partial charge is 0.168 e. The average molecular weight is 248 g/mol. The van der Waals surface area contributed by atoms with Crippen molar-refractivity contribution < 1.29 is 9.53 Å². The van der Waals surface area contributed by atoms with Gasteiger partial charge < -0.3 is 4.74 Å². The van der Waals surface area contributed by atoms with E-state index < -0.39 is 0 Å². The summed E-state index contributed by atoms with van der Waals surface area (Å²) in [5.41, 5.74) is 1.30. The van der Waals surface area contributed by atoms with Crippen LogP contribution in [0.3, 0.4) is 0 Å². The van der Waals surface area contributed by atoms with Gasteiger partial charge in [-0.05, 0) is 32.4 Å². The molecule has 0 saturated heterocycles. The Kier molecular flexibility index (Phi) is 4.33. The number of rotatable bonds is 3. The van der Waals surface area contributed by atoms with Crippen LogP contribution >= 0.6 is 0 Å². The van der Waals surface area contributed by atoms with Gasteiger partial charge in [0.1, 0.15) is 0 Å². The first-order chi connectivity index (χ1) is 8.09. The summed E-state index contributed by atoms with van der Waals surface area (Å²) in [5, 5.41) is 0. The van der Waals surface area contributed by atoms with Gasteiger partial charge in [0.25, 0.3) is 0 Å². The van der Waals surface area contributed by atoms with E-state index in [0.29, 0.717) is 6.61 Å². The van der Waals surface area contributed by atoms with Crippen LogP contribution in [0.15, 0.2) is 24.3 Å². The molecule has 0 aromatic heterocycles. The largest absolute Gasteiger partial charge is 0.371 e. The third-order valence-corrected chi connectivity index (χ3v) is 2.54. The zero-order chi connectivity index (χ0) is 14.0. The van der Waals surface area contributed by atoms with Gasteiger partial charge in [0.05, 0.1) is 12.2 Å². The molecule has 0 spiro atoms. The molecule has 1 aromatic carbocycles. The third-order valence-electron chi connectivity index (χ3n) is 2.54. The van der Waals surface area contributed by atoms with Crippen LogP contribution in [-0.2, 0) is 11.3 Å². The molecule has 0 amide bonds. The van der Waals surface area contributed by atoms with Gasteiger partial charge in [-0.25, -0.2) is 0 Å². The number of Topliss-reactive ketones (excluding diaryl/α,β-unsaturated/α-hetero) is 1. The van der Waals surface area contributed by atoms with E-state index in [9.17, 15) is 4.79 Å². The maximum absolute atomic E-state index is 12.2. The summed E-state index contributed by atoms with van der Waals surface area (Å²) in [7, 11) is 0. The Labute approximate surface area is 110 Å². The van der Waals surface area contributed by atoms with Crippen LogP contribution in [0.2, 0.25) is 0 Å². The second-order valence-electron chi connectivity index (χ2n) is 6.68. The quantitative estimate of drug-likeness (QED) is 0.748. The normalized spacial score (nSPS) is 12.6. The highest BCUT2D eigenvalue weighted by Gasteiger charge is 2.22. The predicted molar refractivity (Wildman–Crippen MR) is 74.8 cm³/mol. The van der Waals surface area contributed by atoms with E-state index in [2.05, 4.69) is 0 Å². The summed E-state index contributed by atoms with van der Waals surface area (Å²) in [6.45, 7) is 12.4. The first-order valence-electron chi connectivity index (χ1n) is 6.37. The molecule has 1 aromatic rings. The maximum atomic E-state index is 12.2. The van der Waals surface area contributed by atoms with E-state index in [1.807, 2.05) is 65.8 Å². The Hall–Kier alpha value is -1.15. The summed E-state index contributed by atoms with van der Waals surface area (Å²) in [4.78, 5) is 12.2. The highest BCUT2D eigenvalue weighted by atomic mass is 16.5. The van der Waals surface area contributed by atoms with E-state index in [1.165, 1.54) is 0 Å². The Balaban J connectivity index is 2.84. The molecule has 0 aliphatic carbocycles. The van der Waals surface area contributed by atoms with Crippen LogP contribution in [0.5, 0.6) is 0 Å². The lowest BCUT2D eigenvalue weighted by Crippen LogP contribution is -2.21. The lowest BCUT2D eigenvalue weighted by Gasteiger charge is -2.20. The fourth-order valence-electron chi connectivity index (χ4n) is 1.54. The van der Waals surface area contributed by atoms with Crippen molar-refractivity contribution in [2.75, 3.05) is 0 Å². The molecular weight excluding hydrogens is 224 g/mol. The molecule has 18 heavy (non-hydrogen) atoms. The van der Waals surface area contributed by atoms with Gasteiger partial charge in [0, 0.05) is 11.0 Å². The zero-order valence-electron chi connectivity index (χ0n) is 12.3. The van der Waals surface area contributed by atoms with Gasteiger partial charge in [-0.1, -0.05) is 39.0 Å². The third kappa shape index (κ3) is 4.61. The summed E-state index contributed by atoms with van der Waals surface area (Å²) in [6.07, 6.45) is 0. The summed E-state index contributed by atoms with van der Waals surface area (Å²) in [5.74, 6) is 0.167. The van der Waals surface area contributed by atoms with Crippen LogP contribution in [0.1, 0.15) is 57.5 Å². The number of carbonyl (C=O) groups excluding carboxylic acids is 1. The minimum atomic E-state index is -0.344. The number of benzene rings is 1. The molecule has 0 unspecified atom stereocenters. The minimum absolute atomic E-state index is 0.163. The van der Waals surface area contributed by atoms with Crippen molar-refractivity contribution in [3.05, 3.63) is 35.4 Å². The molecular formula is C16H24O2. The maximum Gasteiger partial charge on any atom is 0.168 e. The second kappa shape index (κ2) is 5.23. The SMILES string of the molecule is CC(C)(C)OCc1cccc(C(=O)C(C)(C)C)c1. The molecule has 2 nitrogen and oxygen atoms in total. The number of hydrogen-bond acceptors (Lipinski definition) is 2. The lowest BCUT2D eigenvalue weighted by atomic mass is 9.86. The topological polar surface area (TPSA) is 26.3 Å². The standard InChI is InChI=1S/C16H24O2/c1-15(2,3)14(17)13-9-7-8-12(10-13)11-18-16(4,5)6/h7-10H,11H2,1-6H3. The summed E-state index contributed by atoms with van der Waals surface area (Å²) < 4.78 is 5.72. The van der Waals surface area contributed by atoms with Crippen LogP contribution in [0, 0.1) is 5.41 Å². The second-order valence-corrected chi connectivity index (χ2v) is 6.68. The van der Waals surface area contributed by atoms with Crippen molar-refractivity contribution in [1.29, 1.82) is 0 Å². The molecule has 0 heterocycles. The number of ether oxygens (including phenoxy) is 1. The first-order valence-corrected chi connectivity index (χ1v) is 6.37. The van der Waals surface area contributed by atoms with Gasteiger partial charge in [-0.15, -0.1) is 0 Å². The summed E-state index contributed by atoms with van der Waals surface area (Å²) >= 11 is 0. The Morgan fingerprint density at radius 2 is 1.72 bits per heavy atom. The molecule has 0 aliphatic heterocycles. The van der Waals surface area contributed by atoms with Crippen molar-refractivity contribution in [3.8, 4) is 0 Å². The van der Waals surface area contributed by atoms with Gasteiger partial charge >= 0.3 is 0 Å². The molecule has 2 heteroatoms. The predicted octanol–water partition coefficient (Wildman–Crippen LogP) is 4.23. The molecule has 0 radical (unpaired) electrons. The highest BCUT2D eigenvalue weighted by molar-refractivity contribution is 5.99. The van der Waals surface area contributed by atoms with Crippen molar-refractivity contribution in [2.45, 2.75) is 53.8 Å². The van der Waals surface area contributed by atoms with Crippen LogP contribution in [0.4, 0.5) is 0 Å². The molecule has 0 fully saturated rings. The van der Waals surface area contributed by atoms with Crippen LogP contribution in [0.25, 0.3) is 0 Å². The van der Waals surface area contributed by atoms with Crippen molar-refractivity contribution >= 4 is 5.78 Å². The fraction of sp³-hybridized carbons (Fsp3) is 0.562. The minimum Gasteiger partial charge on any atom is -0.371 e.